The van der Waals surface area contributed by atoms with E-state index in [1.54, 1.807) is 6.07 Å². The van der Waals surface area contributed by atoms with Gasteiger partial charge in [-0.3, -0.25) is 0 Å². The van der Waals surface area contributed by atoms with Gasteiger partial charge in [0.25, 0.3) is 0 Å². The predicted octanol–water partition coefficient (Wildman–Crippen LogP) is -0.605. The maximum atomic E-state index is 11.4. The van der Waals surface area contributed by atoms with Gasteiger partial charge in [0, 0.05) is 6.54 Å². The Bertz CT molecular complexity index is 489. The van der Waals surface area contributed by atoms with Crippen LogP contribution in [0.3, 0.4) is 0 Å². The second-order valence-electron chi connectivity index (χ2n) is 3.80. The molecule has 0 radical (unpaired) electrons. The van der Waals surface area contributed by atoms with Crippen LogP contribution in [0, 0.1) is 11.3 Å². The number of nitriles is 1. The topological polar surface area (TPSA) is 104 Å². The van der Waals surface area contributed by atoms with Crippen LogP contribution in [0.25, 0.3) is 0 Å². The molecule has 16 heavy (non-hydrogen) atoms. The van der Waals surface area contributed by atoms with Crippen LogP contribution < -0.4 is 4.72 Å². The Morgan fingerprint density at radius 1 is 1.56 bits per heavy atom. The first-order valence-corrected chi connectivity index (χ1v) is 8.15. The molecule has 1 fully saturated rings. The zero-order chi connectivity index (χ0) is 12.4. The molecule has 1 aliphatic heterocycles. The van der Waals surface area contributed by atoms with Gasteiger partial charge in [0.15, 0.2) is 15.1 Å². The van der Waals surface area contributed by atoms with Crippen LogP contribution >= 0.6 is 0 Å². The molecule has 0 spiro atoms. The fraction of sp³-hybridized carbons (Fsp3) is 0.875. The van der Waals surface area contributed by atoms with E-state index in [9.17, 15) is 16.8 Å². The summed E-state index contributed by atoms with van der Waals surface area (Å²) in [6.07, 6.45) is 1.05. The Morgan fingerprint density at radius 2 is 2.19 bits per heavy atom. The Morgan fingerprint density at radius 3 is 2.62 bits per heavy atom. The lowest BCUT2D eigenvalue weighted by Gasteiger charge is -2.12. The minimum absolute atomic E-state index is 0.118. The molecular weight excluding hydrogens is 252 g/mol. The number of nitrogens with one attached hydrogen (secondary N) is 1. The molecule has 2 unspecified atom stereocenters. The van der Waals surface area contributed by atoms with Crippen LogP contribution in [0.4, 0.5) is 0 Å². The van der Waals surface area contributed by atoms with E-state index in [1.165, 1.54) is 6.92 Å². The van der Waals surface area contributed by atoms with E-state index in [0.29, 0.717) is 12.8 Å². The van der Waals surface area contributed by atoms with Gasteiger partial charge in [-0.15, -0.1) is 0 Å². The minimum Gasteiger partial charge on any atom is -0.229 e. The SMILES string of the molecule is CC(C#N)S(=O)(=O)NCC1CCCS1(=O)=O. The van der Waals surface area contributed by atoms with Gasteiger partial charge < -0.3 is 0 Å². The highest BCUT2D eigenvalue weighted by molar-refractivity contribution is 7.92. The molecule has 92 valence electrons. The number of nitrogens with zero attached hydrogens (tertiary/aromatic N) is 1. The van der Waals surface area contributed by atoms with Gasteiger partial charge in [0.05, 0.1) is 17.1 Å². The number of hydrogen-bond acceptors (Lipinski definition) is 5. The Hall–Kier alpha value is -0.650. The van der Waals surface area contributed by atoms with Gasteiger partial charge in [-0.05, 0) is 19.8 Å². The lowest BCUT2D eigenvalue weighted by Crippen LogP contribution is -2.38. The van der Waals surface area contributed by atoms with Crippen molar-refractivity contribution in [2.24, 2.45) is 0 Å². The van der Waals surface area contributed by atoms with Crippen molar-refractivity contribution in [3.63, 3.8) is 0 Å². The highest BCUT2D eigenvalue weighted by atomic mass is 32.2. The standard InChI is InChI=1S/C8H14N2O4S2/c1-7(5-9)16(13,14)10-6-8-3-2-4-15(8,11)12/h7-8,10H,2-4,6H2,1H3. The molecule has 1 N–H and O–H groups in total. The zero-order valence-corrected chi connectivity index (χ0v) is 10.5. The van der Waals surface area contributed by atoms with Gasteiger partial charge in [-0.2, -0.15) is 5.26 Å². The molecule has 1 saturated heterocycles. The van der Waals surface area contributed by atoms with Gasteiger partial charge in [-0.25, -0.2) is 21.6 Å². The van der Waals surface area contributed by atoms with Crippen LogP contribution in [0.5, 0.6) is 0 Å². The van der Waals surface area contributed by atoms with Crippen LogP contribution in [-0.4, -0.2) is 39.6 Å². The summed E-state index contributed by atoms with van der Waals surface area (Å²) in [6.45, 7) is 1.13. The monoisotopic (exact) mass is 266 g/mol. The first-order valence-electron chi connectivity index (χ1n) is 4.89. The summed E-state index contributed by atoms with van der Waals surface area (Å²) in [5.74, 6) is 0.118. The molecule has 1 rings (SSSR count). The lowest BCUT2D eigenvalue weighted by atomic mass is 10.2. The molecule has 8 heteroatoms. The van der Waals surface area contributed by atoms with Crippen LogP contribution in [0.15, 0.2) is 0 Å². The number of rotatable bonds is 4. The van der Waals surface area contributed by atoms with Gasteiger partial charge >= 0.3 is 0 Å². The molecule has 6 nitrogen and oxygen atoms in total. The number of sulfone groups is 1. The van der Waals surface area contributed by atoms with Crippen molar-refractivity contribution < 1.29 is 16.8 Å². The van der Waals surface area contributed by atoms with Gasteiger partial charge in [-0.1, -0.05) is 0 Å². The summed E-state index contributed by atoms with van der Waals surface area (Å²) in [5, 5.41) is 6.66. The first kappa shape index (κ1) is 13.4. The Balaban J connectivity index is 2.63. The lowest BCUT2D eigenvalue weighted by molar-refractivity contribution is 0.568. The largest absolute Gasteiger partial charge is 0.229 e. The van der Waals surface area contributed by atoms with E-state index in [2.05, 4.69) is 4.72 Å². The summed E-state index contributed by atoms with van der Waals surface area (Å²) < 4.78 is 47.8. The quantitative estimate of drug-likeness (QED) is 0.731. The highest BCUT2D eigenvalue weighted by Gasteiger charge is 2.32. The summed E-state index contributed by atoms with van der Waals surface area (Å²) in [6, 6.07) is 1.60. The Labute approximate surface area is 95.6 Å². The second kappa shape index (κ2) is 4.69. The maximum Gasteiger partial charge on any atom is 0.227 e. The fourth-order valence-corrected chi connectivity index (χ4v) is 4.18. The third kappa shape index (κ3) is 2.93. The van der Waals surface area contributed by atoms with E-state index in [0.717, 1.165) is 0 Å². The molecular formula is C8H14N2O4S2. The number of sulfonamides is 1. The van der Waals surface area contributed by atoms with Crippen molar-refractivity contribution >= 4 is 19.9 Å². The smallest absolute Gasteiger partial charge is 0.227 e. The van der Waals surface area contributed by atoms with Crippen molar-refractivity contribution in [3.8, 4) is 6.07 Å². The number of hydrogen-bond donors (Lipinski definition) is 1. The third-order valence-corrected chi connectivity index (χ3v) is 6.50. The molecule has 0 aromatic heterocycles. The molecule has 0 saturated carbocycles. The summed E-state index contributed by atoms with van der Waals surface area (Å²) >= 11 is 0. The van der Waals surface area contributed by atoms with Gasteiger partial charge in [0.2, 0.25) is 10.0 Å². The molecule has 0 amide bonds. The van der Waals surface area contributed by atoms with E-state index in [4.69, 9.17) is 5.26 Å². The summed E-state index contributed by atoms with van der Waals surface area (Å²) in [7, 11) is -6.88. The van der Waals surface area contributed by atoms with Crippen molar-refractivity contribution in [3.05, 3.63) is 0 Å². The van der Waals surface area contributed by atoms with Crippen molar-refractivity contribution in [2.75, 3.05) is 12.3 Å². The molecule has 0 aliphatic carbocycles. The minimum atomic E-state index is -3.72. The van der Waals surface area contributed by atoms with Crippen molar-refractivity contribution in [2.45, 2.75) is 30.3 Å². The van der Waals surface area contributed by atoms with E-state index >= 15 is 0 Å². The first-order chi connectivity index (χ1) is 7.29. The summed E-state index contributed by atoms with van der Waals surface area (Å²) in [5.41, 5.74) is 0. The average Bonchev–Trinajstić information content (AvgIpc) is 2.53. The van der Waals surface area contributed by atoms with Crippen LogP contribution in [0.1, 0.15) is 19.8 Å². The zero-order valence-electron chi connectivity index (χ0n) is 8.88. The average molecular weight is 266 g/mol. The third-order valence-electron chi connectivity index (χ3n) is 2.62. The predicted molar refractivity (Wildman–Crippen MR) is 58.8 cm³/mol. The molecule has 0 aromatic rings. The van der Waals surface area contributed by atoms with Gasteiger partial charge in [0.1, 0.15) is 0 Å². The van der Waals surface area contributed by atoms with E-state index < -0.39 is 30.4 Å². The molecule has 1 heterocycles. The van der Waals surface area contributed by atoms with E-state index in [-0.39, 0.29) is 12.3 Å². The Kier molecular flexibility index (Phi) is 3.93. The second-order valence-corrected chi connectivity index (χ2v) is 8.28. The molecule has 2 atom stereocenters. The summed E-state index contributed by atoms with van der Waals surface area (Å²) in [4.78, 5) is 0. The fourth-order valence-electron chi connectivity index (χ4n) is 1.49. The van der Waals surface area contributed by atoms with Crippen molar-refractivity contribution in [1.29, 1.82) is 5.26 Å². The molecule has 1 aliphatic rings. The maximum absolute atomic E-state index is 11.4. The van der Waals surface area contributed by atoms with Crippen LogP contribution in [0.2, 0.25) is 0 Å². The molecule has 0 bridgehead atoms. The highest BCUT2D eigenvalue weighted by Crippen LogP contribution is 2.19. The normalized spacial score (nSPS) is 26.1. The van der Waals surface area contributed by atoms with E-state index in [1.807, 2.05) is 0 Å². The van der Waals surface area contributed by atoms with Crippen molar-refractivity contribution in [1.82, 2.24) is 4.72 Å². The molecule has 0 aromatic carbocycles. The van der Waals surface area contributed by atoms with Crippen LogP contribution in [-0.2, 0) is 19.9 Å².